The smallest absolute Gasteiger partial charge is 0.226 e. The molecule has 27 heavy (non-hydrogen) atoms. The molecule has 1 fully saturated rings. The summed E-state index contributed by atoms with van der Waals surface area (Å²) in [6.07, 6.45) is 0.346. The van der Waals surface area contributed by atoms with Crippen molar-refractivity contribution in [3.63, 3.8) is 0 Å². The van der Waals surface area contributed by atoms with Gasteiger partial charge in [0.2, 0.25) is 5.91 Å². The van der Waals surface area contributed by atoms with Gasteiger partial charge in [0, 0.05) is 37.9 Å². The molecule has 1 aliphatic heterocycles. The number of phenolic OH excluding ortho intramolecular Hbond substituents is 1. The lowest BCUT2D eigenvalue weighted by molar-refractivity contribution is -0.132. The van der Waals surface area contributed by atoms with E-state index in [9.17, 15) is 9.90 Å². The van der Waals surface area contributed by atoms with E-state index in [0.29, 0.717) is 18.8 Å². The number of benzene rings is 2. The molecule has 0 aliphatic carbocycles. The van der Waals surface area contributed by atoms with Gasteiger partial charge in [-0.3, -0.25) is 4.79 Å². The molecule has 2 aromatic carbocycles. The Hall–Kier alpha value is -2.69. The second kappa shape index (κ2) is 8.33. The number of aryl methyl sites for hydroxylation is 3. The van der Waals surface area contributed by atoms with Crippen LogP contribution in [0.1, 0.15) is 23.1 Å². The third-order valence-electron chi connectivity index (χ3n) is 5.19. The molecule has 5 heteroatoms. The lowest BCUT2D eigenvalue weighted by atomic mass is 10.0. The van der Waals surface area contributed by atoms with Gasteiger partial charge in [0.1, 0.15) is 11.5 Å². The first-order valence-corrected chi connectivity index (χ1v) is 9.46. The van der Waals surface area contributed by atoms with Crippen molar-refractivity contribution in [2.45, 2.75) is 27.2 Å². The SMILES string of the molecule is Cc1cc(C)c(N2CCN(C(=O)CCOc3cccc(O)c3)CC2)cc1C. The fourth-order valence-electron chi connectivity index (χ4n) is 3.47. The lowest BCUT2D eigenvalue weighted by Crippen LogP contribution is -2.49. The summed E-state index contributed by atoms with van der Waals surface area (Å²) in [7, 11) is 0. The van der Waals surface area contributed by atoms with E-state index in [0.717, 1.165) is 26.2 Å². The number of carbonyl (C=O) groups excluding carboxylic acids is 1. The fraction of sp³-hybridized carbons (Fsp3) is 0.409. The first kappa shape index (κ1) is 19.1. The molecule has 5 nitrogen and oxygen atoms in total. The van der Waals surface area contributed by atoms with Crippen LogP contribution in [0.3, 0.4) is 0 Å². The van der Waals surface area contributed by atoms with E-state index in [4.69, 9.17) is 4.74 Å². The highest BCUT2D eigenvalue weighted by atomic mass is 16.5. The molecule has 1 N–H and O–H groups in total. The van der Waals surface area contributed by atoms with Crippen LogP contribution in [0.15, 0.2) is 36.4 Å². The number of hydrogen-bond donors (Lipinski definition) is 1. The molecular formula is C22H28N2O3. The average Bonchev–Trinajstić information content (AvgIpc) is 2.65. The van der Waals surface area contributed by atoms with Crippen molar-refractivity contribution in [2.75, 3.05) is 37.7 Å². The fourth-order valence-corrected chi connectivity index (χ4v) is 3.47. The standard InChI is InChI=1S/C22H28N2O3/c1-16-13-18(3)21(14-17(16)2)23-8-10-24(11-9-23)22(26)7-12-27-20-6-4-5-19(25)15-20/h4-6,13-15,25H,7-12H2,1-3H3. The van der Waals surface area contributed by atoms with E-state index in [1.165, 1.54) is 22.4 Å². The van der Waals surface area contributed by atoms with E-state index >= 15 is 0 Å². The molecule has 144 valence electrons. The van der Waals surface area contributed by atoms with Crippen LogP contribution in [-0.2, 0) is 4.79 Å². The number of nitrogens with zero attached hydrogens (tertiary/aromatic N) is 2. The summed E-state index contributed by atoms with van der Waals surface area (Å²) in [4.78, 5) is 16.7. The molecule has 0 unspecified atom stereocenters. The molecule has 0 radical (unpaired) electrons. The van der Waals surface area contributed by atoms with Crippen molar-refractivity contribution < 1.29 is 14.6 Å². The zero-order chi connectivity index (χ0) is 19.4. The number of aromatic hydroxyl groups is 1. The molecule has 0 bridgehead atoms. The number of ether oxygens (including phenoxy) is 1. The number of amides is 1. The Balaban J connectivity index is 1.48. The van der Waals surface area contributed by atoms with Crippen molar-refractivity contribution in [3.05, 3.63) is 53.1 Å². The molecule has 3 rings (SSSR count). The average molecular weight is 368 g/mol. The molecule has 1 amide bonds. The summed E-state index contributed by atoms with van der Waals surface area (Å²) in [5.41, 5.74) is 5.19. The Morgan fingerprint density at radius 1 is 1.00 bits per heavy atom. The van der Waals surface area contributed by atoms with Gasteiger partial charge in [-0.25, -0.2) is 0 Å². The highest BCUT2D eigenvalue weighted by Crippen LogP contribution is 2.25. The van der Waals surface area contributed by atoms with E-state index in [1.54, 1.807) is 24.3 Å². The number of rotatable bonds is 5. The molecule has 0 aromatic heterocycles. The van der Waals surface area contributed by atoms with Crippen LogP contribution in [0.4, 0.5) is 5.69 Å². The summed E-state index contributed by atoms with van der Waals surface area (Å²) in [5, 5.41) is 9.44. The second-order valence-electron chi connectivity index (χ2n) is 7.19. The monoisotopic (exact) mass is 368 g/mol. The highest BCUT2D eigenvalue weighted by Gasteiger charge is 2.22. The van der Waals surface area contributed by atoms with Gasteiger partial charge in [-0.05, 0) is 55.7 Å². The predicted octanol–water partition coefficient (Wildman–Crippen LogP) is 3.44. The van der Waals surface area contributed by atoms with E-state index < -0.39 is 0 Å². The maximum atomic E-state index is 12.4. The second-order valence-corrected chi connectivity index (χ2v) is 7.19. The normalized spacial score (nSPS) is 14.3. The van der Waals surface area contributed by atoms with Crippen LogP contribution in [0.2, 0.25) is 0 Å². The van der Waals surface area contributed by atoms with Gasteiger partial charge in [-0.2, -0.15) is 0 Å². The van der Waals surface area contributed by atoms with Crippen molar-refractivity contribution in [3.8, 4) is 11.5 Å². The molecule has 1 saturated heterocycles. The first-order chi connectivity index (χ1) is 12.9. The van der Waals surface area contributed by atoms with E-state index in [1.807, 2.05) is 4.90 Å². The van der Waals surface area contributed by atoms with Gasteiger partial charge in [0.05, 0.1) is 13.0 Å². The highest BCUT2D eigenvalue weighted by molar-refractivity contribution is 5.76. The summed E-state index contributed by atoms with van der Waals surface area (Å²) in [6.45, 7) is 9.92. The Morgan fingerprint density at radius 2 is 1.70 bits per heavy atom. The number of carbonyl (C=O) groups is 1. The summed E-state index contributed by atoms with van der Waals surface area (Å²) in [6, 6.07) is 11.1. The number of phenols is 1. The van der Waals surface area contributed by atoms with Crippen molar-refractivity contribution in [1.82, 2.24) is 4.90 Å². The number of piperazine rings is 1. The largest absolute Gasteiger partial charge is 0.508 e. The molecule has 1 aliphatic rings. The van der Waals surface area contributed by atoms with Gasteiger partial charge in [-0.15, -0.1) is 0 Å². The van der Waals surface area contributed by atoms with E-state index in [-0.39, 0.29) is 11.7 Å². The van der Waals surface area contributed by atoms with Crippen molar-refractivity contribution in [1.29, 1.82) is 0 Å². The van der Waals surface area contributed by atoms with Crippen LogP contribution in [0.25, 0.3) is 0 Å². The van der Waals surface area contributed by atoms with Gasteiger partial charge in [0.15, 0.2) is 0 Å². The predicted molar refractivity (Wildman–Crippen MR) is 108 cm³/mol. The van der Waals surface area contributed by atoms with E-state index in [2.05, 4.69) is 37.8 Å². The Labute approximate surface area is 161 Å². The quantitative estimate of drug-likeness (QED) is 0.878. The first-order valence-electron chi connectivity index (χ1n) is 9.46. The molecule has 0 spiro atoms. The maximum absolute atomic E-state index is 12.4. The summed E-state index contributed by atoms with van der Waals surface area (Å²) < 4.78 is 5.56. The Bertz CT molecular complexity index is 811. The zero-order valence-electron chi connectivity index (χ0n) is 16.4. The maximum Gasteiger partial charge on any atom is 0.226 e. The van der Waals surface area contributed by atoms with Gasteiger partial charge < -0.3 is 19.6 Å². The van der Waals surface area contributed by atoms with Crippen LogP contribution >= 0.6 is 0 Å². The third kappa shape index (κ3) is 4.73. The molecular weight excluding hydrogens is 340 g/mol. The Morgan fingerprint density at radius 3 is 2.41 bits per heavy atom. The van der Waals surface area contributed by atoms with Crippen LogP contribution in [0, 0.1) is 20.8 Å². The van der Waals surface area contributed by atoms with Gasteiger partial charge in [0.25, 0.3) is 0 Å². The van der Waals surface area contributed by atoms with Gasteiger partial charge >= 0.3 is 0 Å². The van der Waals surface area contributed by atoms with Crippen molar-refractivity contribution >= 4 is 11.6 Å². The summed E-state index contributed by atoms with van der Waals surface area (Å²) >= 11 is 0. The molecule has 0 saturated carbocycles. The minimum atomic E-state index is 0.117. The van der Waals surface area contributed by atoms with Crippen molar-refractivity contribution in [2.24, 2.45) is 0 Å². The number of anilines is 1. The number of hydrogen-bond acceptors (Lipinski definition) is 4. The Kier molecular flexibility index (Phi) is 5.89. The molecule has 0 atom stereocenters. The van der Waals surface area contributed by atoms with Crippen LogP contribution in [0.5, 0.6) is 11.5 Å². The van der Waals surface area contributed by atoms with Crippen LogP contribution in [-0.4, -0.2) is 48.7 Å². The summed E-state index contributed by atoms with van der Waals surface area (Å²) in [5.74, 6) is 0.862. The zero-order valence-corrected chi connectivity index (χ0v) is 16.4. The van der Waals surface area contributed by atoms with Gasteiger partial charge in [-0.1, -0.05) is 12.1 Å². The topological polar surface area (TPSA) is 53.0 Å². The lowest BCUT2D eigenvalue weighted by Gasteiger charge is -2.37. The molecule has 1 heterocycles. The minimum Gasteiger partial charge on any atom is -0.508 e. The third-order valence-corrected chi connectivity index (χ3v) is 5.19. The molecule has 2 aromatic rings. The minimum absolute atomic E-state index is 0.117. The van der Waals surface area contributed by atoms with Crippen LogP contribution < -0.4 is 9.64 Å².